The lowest BCUT2D eigenvalue weighted by atomic mass is 10.2. The highest BCUT2D eigenvalue weighted by atomic mass is 16.5. The maximum atomic E-state index is 12.4. The smallest absolute Gasteiger partial charge is 0.246 e. The molecule has 0 unspecified atom stereocenters. The van der Waals surface area contributed by atoms with Crippen molar-refractivity contribution in [3.8, 4) is 0 Å². The van der Waals surface area contributed by atoms with Crippen LogP contribution < -0.4 is 10.6 Å². The van der Waals surface area contributed by atoms with E-state index in [1.54, 1.807) is 6.08 Å². The van der Waals surface area contributed by atoms with Gasteiger partial charge in [0.1, 0.15) is 0 Å². The number of imidazole rings is 1. The third-order valence-electron chi connectivity index (χ3n) is 4.43. The molecule has 2 N–H and O–H groups in total. The third-order valence-corrected chi connectivity index (χ3v) is 4.43. The van der Waals surface area contributed by atoms with E-state index in [1.807, 2.05) is 66.1 Å². The summed E-state index contributed by atoms with van der Waals surface area (Å²) in [7, 11) is 0. The van der Waals surface area contributed by atoms with Gasteiger partial charge in [0.25, 0.3) is 0 Å². The summed E-state index contributed by atoms with van der Waals surface area (Å²) in [5.41, 5.74) is 2.66. The summed E-state index contributed by atoms with van der Waals surface area (Å²) < 4.78 is 7.37. The molecule has 0 spiro atoms. The minimum atomic E-state index is -0.335. The van der Waals surface area contributed by atoms with Crippen molar-refractivity contribution >= 4 is 34.9 Å². The molecule has 3 aromatic rings. The Morgan fingerprint density at radius 3 is 2.67 bits per heavy atom. The molecular weight excluding hydrogens is 380 g/mol. The summed E-state index contributed by atoms with van der Waals surface area (Å²) in [6, 6.07) is 17.2. The summed E-state index contributed by atoms with van der Waals surface area (Å²) in [5.74, 6) is -0.205. The van der Waals surface area contributed by atoms with Gasteiger partial charge in [0.2, 0.25) is 17.8 Å². The van der Waals surface area contributed by atoms with Gasteiger partial charge in [0.15, 0.2) is 0 Å². The molecule has 0 saturated carbocycles. The fourth-order valence-electron chi connectivity index (χ4n) is 3.00. The van der Waals surface area contributed by atoms with Crippen LogP contribution in [-0.2, 0) is 20.9 Å². The topological polar surface area (TPSA) is 85.2 Å². The van der Waals surface area contributed by atoms with Crippen LogP contribution in [0.4, 0.5) is 5.95 Å². The number of carbonyl (C=O) groups excluding carboxylic acids is 2. The number of rotatable bonds is 10. The number of aryl methyl sites for hydroxylation is 1. The number of fused-ring (bicyclic) bond motifs is 1. The van der Waals surface area contributed by atoms with E-state index in [0.29, 0.717) is 25.7 Å². The molecule has 7 heteroatoms. The van der Waals surface area contributed by atoms with Crippen molar-refractivity contribution in [2.45, 2.75) is 19.9 Å². The van der Waals surface area contributed by atoms with E-state index < -0.39 is 0 Å². The van der Waals surface area contributed by atoms with E-state index in [0.717, 1.165) is 23.0 Å². The van der Waals surface area contributed by atoms with Crippen LogP contribution in [0.15, 0.2) is 60.7 Å². The molecule has 2 amide bonds. The molecular formula is C23H26N4O3. The third kappa shape index (κ3) is 6.02. The first-order chi connectivity index (χ1) is 14.7. The van der Waals surface area contributed by atoms with Crippen molar-refractivity contribution in [2.75, 3.05) is 25.1 Å². The van der Waals surface area contributed by atoms with E-state index in [2.05, 4.69) is 15.6 Å². The minimum absolute atomic E-state index is 0.139. The minimum Gasteiger partial charge on any atom is -0.382 e. The summed E-state index contributed by atoms with van der Waals surface area (Å²) in [4.78, 5) is 28.9. The molecule has 0 radical (unpaired) electrons. The second-order valence-corrected chi connectivity index (χ2v) is 6.64. The number of nitrogens with zero attached hydrogens (tertiary/aromatic N) is 2. The number of para-hydroxylation sites is 2. The van der Waals surface area contributed by atoms with Gasteiger partial charge in [-0.05, 0) is 37.1 Å². The van der Waals surface area contributed by atoms with Gasteiger partial charge in [0.05, 0.1) is 17.6 Å². The highest BCUT2D eigenvalue weighted by Gasteiger charge is 2.13. The van der Waals surface area contributed by atoms with E-state index in [9.17, 15) is 9.59 Å². The van der Waals surface area contributed by atoms with Gasteiger partial charge < -0.3 is 14.6 Å². The number of hydrogen-bond acceptors (Lipinski definition) is 4. The van der Waals surface area contributed by atoms with Crippen molar-refractivity contribution in [1.29, 1.82) is 0 Å². The van der Waals surface area contributed by atoms with Gasteiger partial charge in [-0.15, -0.1) is 0 Å². The largest absolute Gasteiger partial charge is 0.382 e. The molecule has 2 aromatic carbocycles. The Kier molecular flexibility index (Phi) is 7.74. The molecule has 7 nitrogen and oxygen atoms in total. The Morgan fingerprint density at radius 2 is 1.87 bits per heavy atom. The van der Waals surface area contributed by atoms with Crippen molar-refractivity contribution in [3.63, 3.8) is 0 Å². The van der Waals surface area contributed by atoms with Crippen LogP contribution in [0.2, 0.25) is 0 Å². The molecule has 1 heterocycles. The predicted molar refractivity (Wildman–Crippen MR) is 118 cm³/mol. The van der Waals surface area contributed by atoms with Gasteiger partial charge in [-0.25, -0.2) is 4.98 Å². The Labute approximate surface area is 175 Å². The molecule has 0 aliphatic heterocycles. The molecule has 0 aliphatic carbocycles. The zero-order valence-electron chi connectivity index (χ0n) is 17.0. The van der Waals surface area contributed by atoms with Crippen molar-refractivity contribution in [3.05, 3.63) is 66.2 Å². The molecule has 3 rings (SSSR count). The second-order valence-electron chi connectivity index (χ2n) is 6.64. The van der Waals surface area contributed by atoms with Gasteiger partial charge >= 0.3 is 0 Å². The SMILES string of the molecule is CCOCCCn1c(NC(=O)CNC(=O)/C=C/c2ccccc2)nc2ccccc21. The molecule has 0 aliphatic rings. The Morgan fingerprint density at radius 1 is 1.10 bits per heavy atom. The monoisotopic (exact) mass is 406 g/mol. The number of hydrogen-bond donors (Lipinski definition) is 2. The molecule has 0 saturated heterocycles. The van der Waals surface area contributed by atoms with Crippen LogP contribution in [0.5, 0.6) is 0 Å². The summed E-state index contributed by atoms with van der Waals surface area (Å²) in [5, 5.41) is 5.39. The fourth-order valence-corrected chi connectivity index (χ4v) is 3.00. The average molecular weight is 406 g/mol. The van der Waals surface area contributed by atoms with E-state index in [4.69, 9.17) is 4.74 Å². The van der Waals surface area contributed by atoms with E-state index >= 15 is 0 Å². The number of benzene rings is 2. The lowest BCUT2D eigenvalue weighted by Crippen LogP contribution is -2.32. The van der Waals surface area contributed by atoms with Gasteiger partial charge in [-0.1, -0.05) is 42.5 Å². The lowest BCUT2D eigenvalue weighted by molar-refractivity contribution is -0.121. The quantitative estimate of drug-likeness (QED) is 0.400. The van der Waals surface area contributed by atoms with Crippen LogP contribution in [-0.4, -0.2) is 41.1 Å². The van der Waals surface area contributed by atoms with Gasteiger partial charge in [-0.3, -0.25) is 14.9 Å². The molecule has 156 valence electrons. The van der Waals surface area contributed by atoms with Gasteiger partial charge in [0, 0.05) is 25.8 Å². The fraction of sp³-hybridized carbons (Fsp3) is 0.261. The average Bonchev–Trinajstić information content (AvgIpc) is 3.11. The van der Waals surface area contributed by atoms with Crippen LogP contribution in [0.25, 0.3) is 17.1 Å². The lowest BCUT2D eigenvalue weighted by Gasteiger charge is -2.10. The number of aromatic nitrogens is 2. The van der Waals surface area contributed by atoms with Crippen LogP contribution in [0.1, 0.15) is 18.9 Å². The van der Waals surface area contributed by atoms with Crippen LogP contribution >= 0.6 is 0 Å². The molecule has 1 aromatic heterocycles. The number of amides is 2. The zero-order chi connectivity index (χ0) is 21.2. The Bertz CT molecular complexity index is 1010. The second kappa shape index (κ2) is 10.9. The number of carbonyl (C=O) groups is 2. The first-order valence-corrected chi connectivity index (χ1v) is 10.0. The highest BCUT2D eigenvalue weighted by molar-refractivity contribution is 5.98. The summed E-state index contributed by atoms with van der Waals surface area (Å²) >= 11 is 0. The summed E-state index contributed by atoms with van der Waals surface area (Å²) in [6.45, 7) is 3.80. The summed E-state index contributed by atoms with van der Waals surface area (Å²) in [6.07, 6.45) is 3.91. The van der Waals surface area contributed by atoms with Crippen molar-refractivity contribution in [1.82, 2.24) is 14.9 Å². The van der Waals surface area contributed by atoms with E-state index in [1.165, 1.54) is 6.08 Å². The molecule has 0 bridgehead atoms. The predicted octanol–water partition coefficient (Wildman–Crippen LogP) is 3.23. The first kappa shape index (κ1) is 21.3. The number of anilines is 1. The molecule has 30 heavy (non-hydrogen) atoms. The zero-order valence-corrected chi connectivity index (χ0v) is 17.0. The van der Waals surface area contributed by atoms with Crippen molar-refractivity contribution in [2.24, 2.45) is 0 Å². The van der Waals surface area contributed by atoms with Crippen LogP contribution in [0.3, 0.4) is 0 Å². The molecule has 0 fully saturated rings. The van der Waals surface area contributed by atoms with Crippen LogP contribution in [0, 0.1) is 0 Å². The first-order valence-electron chi connectivity index (χ1n) is 10.0. The Balaban J connectivity index is 1.58. The maximum absolute atomic E-state index is 12.4. The number of ether oxygens (including phenoxy) is 1. The standard InChI is InChI=1S/C23H26N4O3/c1-2-30-16-8-15-27-20-12-7-6-11-19(20)25-23(27)26-22(29)17-24-21(28)14-13-18-9-4-3-5-10-18/h3-7,9-14H,2,8,15-17H2,1H3,(H,24,28)(H,25,26,29)/b14-13+. The van der Waals surface area contributed by atoms with Crippen molar-refractivity contribution < 1.29 is 14.3 Å². The highest BCUT2D eigenvalue weighted by Crippen LogP contribution is 2.20. The molecule has 0 atom stereocenters. The maximum Gasteiger partial charge on any atom is 0.246 e. The number of nitrogens with one attached hydrogen (secondary N) is 2. The normalized spacial score (nSPS) is 11.1. The van der Waals surface area contributed by atoms with Gasteiger partial charge in [-0.2, -0.15) is 0 Å². The Hall–Kier alpha value is -3.45. The van der Waals surface area contributed by atoms with E-state index in [-0.39, 0.29) is 18.4 Å².